The molecule has 1 saturated carbocycles. The van der Waals surface area contributed by atoms with Gasteiger partial charge < -0.3 is 5.32 Å². The molecule has 1 nitrogen and oxygen atoms in total. The zero-order valence-electron chi connectivity index (χ0n) is 11.8. The second kappa shape index (κ2) is 7.32. The van der Waals surface area contributed by atoms with Gasteiger partial charge in [-0.15, -0.1) is 0 Å². The van der Waals surface area contributed by atoms with E-state index in [2.05, 4.69) is 33.0 Å². The third-order valence-electron chi connectivity index (χ3n) is 4.25. The van der Waals surface area contributed by atoms with Crippen LogP contribution in [0, 0.1) is 17.8 Å². The van der Waals surface area contributed by atoms with Gasteiger partial charge in [0.15, 0.2) is 0 Å². The molecule has 0 aromatic heterocycles. The Morgan fingerprint density at radius 3 is 2.62 bits per heavy atom. The lowest BCUT2D eigenvalue weighted by Gasteiger charge is -2.32. The summed E-state index contributed by atoms with van der Waals surface area (Å²) in [6.45, 7) is 10.7. The van der Waals surface area contributed by atoms with E-state index >= 15 is 0 Å². The topological polar surface area (TPSA) is 12.0 Å². The van der Waals surface area contributed by atoms with E-state index in [9.17, 15) is 0 Å². The number of hydrogen-bond acceptors (Lipinski definition) is 1. The molecule has 4 unspecified atom stereocenters. The van der Waals surface area contributed by atoms with Crippen LogP contribution in [0.3, 0.4) is 0 Å². The van der Waals surface area contributed by atoms with Crippen molar-refractivity contribution >= 4 is 0 Å². The number of nitrogens with one attached hydrogen (secondary N) is 1. The van der Waals surface area contributed by atoms with Crippen LogP contribution in [0.15, 0.2) is 0 Å². The second-order valence-corrected chi connectivity index (χ2v) is 6.10. The van der Waals surface area contributed by atoms with Gasteiger partial charge in [0.2, 0.25) is 0 Å². The maximum atomic E-state index is 3.61. The van der Waals surface area contributed by atoms with Crippen LogP contribution in [0.25, 0.3) is 0 Å². The Kier molecular flexibility index (Phi) is 6.41. The first-order valence-corrected chi connectivity index (χ1v) is 7.36. The first-order chi connectivity index (χ1) is 7.63. The third-order valence-corrected chi connectivity index (χ3v) is 4.25. The lowest BCUT2D eigenvalue weighted by atomic mass is 9.74. The van der Waals surface area contributed by atoms with E-state index in [4.69, 9.17) is 0 Å². The molecule has 1 rings (SSSR count). The summed E-state index contributed by atoms with van der Waals surface area (Å²) in [6.07, 6.45) is 8.49. The molecule has 0 aromatic carbocycles. The predicted octanol–water partition coefficient (Wildman–Crippen LogP) is 4.23. The molecule has 16 heavy (non-hydrogen) atoms. The van der Waals surface area contributed by atoms with Crippen molar-refractivity contribution in [3.63, 3.8) is 0 Å². The fraction of sp³-hybridized carbons (Fsp3) is 1.00. The quantitative estimate of drug-likeness (QED) is 0.713. The van der Waals surface area contributed by atoms with Gasteiger partial charge in [-0.25, -0.2) is 0 Å². The van der Waals surface area contributed by atoms with Crippen molar-refractivity contribution in [2.75, 3.05) is 6.54 Å². The summed E-state index contributed by atoms with van der Waals surface area (Å²) in [5.41, 5.74) is 0. The molecular weight excluding hydrogens is 194 g/mol. The lowest BCUT2D eigenvalue weighted by molar-refractivity contribution is 0.197. The highest BCUT2D eigenvalue weighted by Crippen LogP contribution is 2.35. The minimum absolute atomic E-state index is 0.701. The van der Waals surface area contributed by atoms with E-state index in [1.165, 1.54) is 45.1 Å². The Balaban J connectivity index is 2.24. The Labute approximate surface area is 102 Å². The Hall–Kier alpha value is -0.0400. The minimum atomic E-state index is 0.701. The lowest BCUT2D eigenvalue weighted by Crippen LogP contribution is -2.31. The maximum Gasteiger partial charge on any atom is 0.00413 e. The second-order valence-electron chi connectivity index (χ2n) is 6.10. The molecule has 0 aliphatic heterocycles. The summed E-state index contributed by atoms with van der Waals surface area (Å²) in [5, 5.41) is 3.61. The smallest absolute Gasteiger partial charge is 0.00413 e. The largest absolute Gasteiger partial charge is 0.314 e. The zero-order chi connectivity index (χ0) is 12.0. The van der Waals surface area contributed by atoms with E-state index in [0.717, 1.165) is 17.8 Å². The van der Waals surface area contributed by atoms with Crippen molar-refractivity contribution in [3.05, 3.63) is 0 Å². The van der Waals surface area contributed by atoms with Gasteiger partial charge in [-0.3, -0.25) is 0 Å². The monoisotopic (exact) mass is 225 g/mol. The van der Waals surface area contributed by atoms with Crippen LogP contribution in [0.5, 0.6) is 0 Å². The molecule has 1 heteroatoms. The molecule has 0 radical (unpaired) electrons. The fourth-order valence-corrected chi connectivity index (χ4v) is 3.22. The average molecular weight is 225 g/mol. The van der Waals surface area contributed by atoms with Gasteiger partial charge in [-0.05, 0) is 50.5 Å². The summed E-state index contributed by atoms with van der Waals surface area (Å²) >= 11 is 0. The minimum Gasteiger partial charge on any atom is -0.314 e. The highest BCUT2D eigenvalue weighted by Gasteiger charge is 2.24. The van der Waals surface area contributed by atoms with Gasteiger partial charge in [0.25, 0.3) is 0 Å². The summed E-state index contributed by atoms with van der Waals surface area (Å²) in [5.74, 6) is 2.87. The van der Waals surface area contributed by atoms with Gasteiger partial charge in [0.1, 0.15) is 0 Å². The maximum absolute atomic E-state index is 3.61. The van der Waals surface area contributed by atoms with Crippen molar-refractivity contribution in [2.24, 2.45) is 17.8 Å². The number of rotatable bonds is 6. The summed E-state index contributed by atoms with van der Waals surface area (Å²) < 4.78 is 0. The van der Waals surface area contributed by atoms with Crippen LogP contribution in [-0.4, -0.2) is 12.6 Å². The Bertz CT molecular complexity index is 178. The van der Waals surface area contributed by atoms with Crippen LogP contribution in [0.2, 0.25) is 0 Å². The van der Waals surface area contributed by atoms with Crippen molar-refractivity contribution in [2.45, 2.75) is 72.3 Å². The van der Waals surface area contributed by atoms with Crippen LogP contribution in [0.4, 0.5) is 0 Å². The third kappa shape index (κ3) is 4.86. The standard InChI is InChI=1S/C15H31N/c1-5-9-16-14(4)11-13(3)15-8-6-7-12(2)10-15/h12-16H,5-11H2,1-4H3. The molecule has 0 heterocycles. The molecule has 1 aliphatic carbocycles. The molecule has 4 atom stereocenters. The van der Waals surface area contributed by atoms with Crippen molar-refractivity contribution in [1.82, 2.24) is 5.32 Å². The van der Waals surface area contributed by atoms with Gasteiger partial charge in [0, 0.05) is 6.04 Å². The first-order valence-electron chi connectivity index (χ1n) is 7.36. The van der Waals surface area contributed by atoms with Crippen molar-refractivity contribution in [3.8, 4) is 0 Å². The highest BCUT2D eigenvalue weighted by atomic mass is 14.9. The predicted molar refractivity (Wildman–Crippen MR) is 72.7 cm³/mol. The Morgan fingerprint density at radius 2 is 2.00 bits per heavy atom. The summed E-state index contributed by atoms with van der Waals surface area (Å²) in [6, 6.07) is 0.701. The molecule has 96 valence electrons. The van der Waals surface area contributed by atoms with E-state index in [-0.39, 0.29) is 0 Å². The average Bonchev–Trinajstić information content (AvgIpc) is 2.26. The van der Waals surface area contributed by atoms with Gasteiger partial charge >= 0.3 is 0 Å². The molecule has 0 bridgehead atoms. The molecule has 0 saturated heterocycles. The molecule has 1 fully saturated rings. The van der Waals surface area contributed by atoms with Crippen molar-refractivity contribution < 1.29 is 0 Å². The van der Waals surface area contributed by atoms with Crippen LogP contribution >= 0.6 is 0 Å². The highest BCUT2D eigenvalue weighted by molar-refractivity contribution is 4.77. The SMILES string of the molecule is CCCNC(C)CC(C)C1CCCC(C)C1. The molecule has 1 aliphatic rings. The molecule has 0 spiro atoms. The fourth-order valence-electron chi connectivity index (χ4n) is 3.22. The molecular formula is C15H31N. The van der Waals surface area contributed by atoms with E-state index < -0.39 is 0 Å². The molecule has 0 amide bonds. The first kappa shape index (κ1) is 14.0. The summed E-state index contributed by atoms with van der Waals surface area (Å²) in [7, 11) is 0. The Morgan fingerprint density at radius 1 is 1.25 bits per heavy atom. The molecule has 1 N–H and O–H groups in total. The van der Waals surface area contributed by atoms with Gasteiger partial charge in [0.05, 0.1) is 0 Å². The normalized spacial score (nSPS) is 30.0. The number of hydrogen-bond donors (Lipinski definition) is 1. The zero-order valence-corrected chi connectivity index (χ0v) is 11.8. The van der Waals surface area contributed by atoms with Gasteiger partial charge in [-0.1, -0.05) is 40.0 Å². The van der Waals surface area contributed by atoms with Crippen molar-refractivity contribution in [1.29, 1.82) is 0 Å². The van der Waals surface area contributed by atoms with E-state index in [1.54, 1.807) is 0 Å². The van der Waals surface area contributed by atoms with E-state index in [1.807, 2.05) is 0 Å². The van der Waals surface area contributed by atoms with Crippen LogP contribution in [0.1, 0.15) is 66.2 Å². The van der Waals surface area contributed by atoms with E-state index in [0.29, 0.717) is 6.04 Å². The molecule has 0 aromatic rings. The summed E-state index contributed by atoms with van der Waals surface area (Å²) in [4.78, 5) is 0. The van der Waals surface area contributed by atoms with Crippen LogP contribution < -0.4 is 5.32 Å². The van der Waals surface area contributed by atoms with Crippen LogP contribution in [-0.2, 0) is 0 Å². The van der Waals surface area contributed by atoms with Gasteiger partial charge in [-0.2, -0.15) is 0 Å².